The maximum absolute atomic E-state index is 12.4. The van der Waals surface area contributed by atoms with Gasteiger partial charge in [0.25, 0.3) is 0 Å². The number of nitrogens with one attached hydrogen (secondary N) is 2. The van der Waals surface area contributed by atoms with E-state index >= 15 is 0 Å². The summed E-state index contributed by atoms with van der Waals surface area (Å²) in [4.78, 5) is 36.2. The van der Waals surface area contributed by atoms with Crippen LogP contribution in [-0.2, 0) is 14.3 Å². The molecule has 0 heterocycles. The number of amides is 2. The van der Waals surface area contributed by atoms with E-state index in [2.05, 4.69) is 34.9 Å². The van der Waals surface area contributed by atoms with Crippen molar-refractivity contribution in [2.75, 3.05) is 19.7 Å². The molecule has 3 N–H and O–H groups in total. The van der Waals surface area contributed by atoms with Crippen LogP contribution in [0.15, 0.2) is 60.2 Å². The smallest absolute Gasteiger partial charge is 0.407 e. The fourth-order valence-corrected chi connectivity index (χ4v) is 4.94. The minimum atomic E-state index is -0.866. The minimum absolute atomic E-state index is 0.0154. The van der Waals surface area contributed by atoms with Crippen molar-refractivity contribution in [2.24, 2.45) is 5.41 Å². The van der Waals surface area contributed by atoms with Gasteiger partial charge in [-0.25, -0.2) is 4.79 Å². The number of hydrogen-bond acceptors (Lipinski definition) is 4. The van der Waals surface area contributed by atoms with Gasteiger partial charge in [0.15, 0.2) is 0 Å². The van der Waals surface area contributed by atoms with Gasteiger partial charge >= 0.3 is 12.1 Å². The molecule has 0 aromatic heterocycles. The Bertz CT molecular complexity index is 1070. The Morgan fingerprint density at radius 3 is 2.18 bits per heavy atom. The highest BCUT2D eigenvalue weighted by Crippen LogP contribution is 2.44. The van der Waals surface area contributed by atoms with Crippen molar-refractivity contribution in [1.29, 1.82) is 0 Å². The molecule has 0 radical (unpaired) electrons. The third-order valence-electron chi connectivity index (χ3n) is 6.96. The van der Waals surface area contributed by atoms with E-state index in [0.29, 0.717) is 18.4 Å². The molecule has 2 aliphatic carbocycles. The molecule has 0 atom stereocenters. The number of carboxylic acids is 1. The zero-order chi connectivity index (χ0) is 24.1. The third-order valence-corrected chi connectivity index (χ3v) is 6.96. The Balaban J connectivity index is 1.26. The molecule has 1 fully saturated rings. The Morgan fingerprint density at radius 1 is 1.00 bits per heavy atom. The second-order valence-corrected chi connectivity index (χ2v) is 9.07. The highest BCUT2D eigenvalue weighted by atomic mass is 16.5. The van der Waals surface area contributed by atoms with Crippen LogP contribution >= 0.6 is 0 Å². The Kier molecular flexibility index (Phi) is 7.01. The molecule has 0 spiro atoms. The fraction of sp³-hybridized carbons (Fsp3) is 0.370. The molecule has 1 saturated carbocycles. The van der Waals surface area contributed by atoms with Crippen LogP contribution in [0.25, 0.3) is 11.1 Å². The van der Waals surface area contributed by atoms with Crippen molar-refractivity contribution in [2.45, 2.75) is 38.5 Å². The predicted molar refractivity (Wildman–Crippen MR) is 128 cm³/mol. The highest BCUT2D eigenvalue weighted by molar-refractivity contribution is 5.93. The number of hydrogen-bond donors (Lipinski definition) is 3. The number of fused-ring (bicyclic) bond motifs is 3. The van der Waals surface area contributed by atoms with E-state index in [9.17, 15) is 19.5 Å². The summed E-state index contributed by atoms with van der Waals surface area (Å²) in [5.74, 6) is -1.20. The standard InChI is InChI=1S/C27H30N2O5/c1-18(24(30)29-17-27(25(31)32)13-6-7-14-27)12-15-28-26(33)34-16-23-21-10-4-2-8-19(21)20-9-3-5-11-22(20)23/h2-5,8-12,23H,6-7,13-17H2,1H3,(H,28,33)(H,29,30)(H,31,32)/b18-12+. The maximum Gasteiger partial charge on any atom is 0.407 e. The van der Waals surface area contributed by atoms with Crippen LogP contribution in [0.5, 0.6) is 0 Å². The van der Waals surface area contributed by atoms with E-state index in [0.717, 1.165) is 24.0 Å². The van der Waals surface area contributed by atoms with Gasteiger partial charge in [0.1, 0.15) is 6.61 Å². The van der Waals surface area contributed by atoms with E-state index in [1.54, 1.807) is 13.0 Å². The minimum Gasteiger partial charge on any atom is -0.481 e. The molecule has 0 bridgehead atoms. The average molecular weight is 463 g/mol. The number of carbonyl (C=O) groups excluding carboxylic acids is 2. The molecule has 0 saturated heterocycles. The summed E-state index contributed by atoms with van der Waals surface area (Å²) in [5, 5.41) is 14.9. The molecule has 0 unspecified atom stereocenters. The van der Waals surface area contributed by atoms with Crippen molar-refractivity contribution in [3.05, 3.63) is 71.3 Å². The van der Waals surface area contributed by atoms with E-state index in [1.165, 1.54) is 11.1 Å². The lowest BCUT2D eigenvalue weighted by molar-refractivity contribution is -0.148. The van der Waals surface area contributed by atoms with Crippen LogP contribution in [0.1, 0.15) is 49.7 Å². The van der Waals surface area contributed by atoms with E-state index in [4.69, 9.17) is 4.74 Å². The van der Waals surface area contributed by atoms with Gasteiger partial charge in [-0.15, -0.1) is 0 Å². The van der Waals surface area contributed by atoms with Crippen LogP contribution in [0.3, 0.4) is 0 Å². The van der Waals surface area contributed by atoms with Crippen LogP contribution < -0.4 is 10.6 Å². The summed E-state index contributed by atoms with van der Waals surface area (Å²) in [6, 6.07) is 16.3. The Labute approximate surface area is 199 Å². The molecule has 2 aromatic rings. The summed E-state index contributed by atoms with van der Waals surface area (Å²) in [5.41, 5.74) is 4.17. The second kappa shape index (κ2) is 10.1. The van der Waals surface area contributed by atoms with E-state index in [1.807, 2.05) is 24.3 Å². The molecule has 4 rings (SSSR count). The van der Waals surface area contributed by atoms with Crippen LogP contribution in [0.2, 0.25) is 0 Å². The molecular formula is C27H30N2O5. The number of rotatable bonds is 8. The topological polar surface area (TPSA) is 105 Å². The molecule has 2 aliphatic rings. The lowest BCUT2D eigenvalue weighted by atomic mass is 9.86. The van der Waals surface area contributed by atoms with Crippen molar-refractivity contribution in [3.63, 3.8) is 0 Å². The summed E-state index contributed by atoms with van der Waals surface area (Å²) >= 11 is 0. The van der Waals surface area contributed by atoms with Gasteiger partial charge in [0.05, 0.1) is 5.41 Å². The first-order valence-corrected chi connectivity index (χ1v) is 11.7. The Morgan fingerprint density at radius 2 is 1.59 bits per heavy atom. The molecule has 7 heteroatoms. The number of carbonyl (C=O) groups is 3. The molecule has 2 aromatic carbocycles. The predicted octanol–water partition coefficient (Wildman–Crippen LogP) is 4.23. The van der Waals surface area contributed by atoms with Gasteiger partial charge in [0.2, 0.25) is 5.91 Å². The van der Waals surface area contributed by atoms with Crippen LogP contribution in [-0.4, -0.2) is 42.8 Å². The fourth-order valence-electron chi connectivity index (χ4n) is 4.94. The molecule has 7 nitrogen and oxygen atoms in total. The van der Waals surface area contributed by atoms with Crippen molar-refractivity contribution >= 4 is 18.0 Å². The lowest BCUT2D eigenvalue weighted by Crippen LogP contribution is -2.41. The lowest BCUT2D eigenvalue weighted by Gasteiger charge is -2.24. The van der Waals surface area contributed by atoms with E-state index in [-0.39, 0.29) is 31.5 Å². The van der Waals surface area contributed by atoms with E-state index < -0.39 is 17.5 Å². The van der Waals surface area contributed by atoms with Gasteiger partial charge in [-0.1, -0.05) is 67.4 Å². The largest absolute Gasteiger partial charge is 0.481 e. The zero-order valence-corrected chi connectivity index (χ0v) is 19.3. The Hall–Kier alpha value is -3.61. The SMILES string of the molecule is C/C(=C\CNC(=O)OCC1c2ccccc2-c2ccccc21)C(=O)NCC1(C(=O)O)CCCC1. The first-order valence-electron chi connectivity index (χ1n) is 11.7. The van der Waals surface area contributed by atoms with Crippen LogP contribution in [0, 0.1) is 5.41 Å². The highest BCUT2D eigenvalue weighted by Gasteiger charge is 2.41. The number of benzene rings is 2. The van der Waals surface area contributed by atoms with Crippen molar-refractivity contribution in [3.8, 4) is 11.1 Å². The van der Waals surface area contributed by atoms with Crippen LogP contribution in [0.4, 0.5) is 4.79 Å². The summed E-state index contributed by atoms with van der Waals surface area (Å²) in [6.45, 7) is 2.11. The van der Waals surface area contributed by atoms with Gasteiger partial charge < -0.3 is 20.5 Å². The summed E-state index contributed by atoms with van der Waals surface area (Å²) in [7, 11) is 0. The number of carboxylic acid groups (broad SMARTS) is 1. The second-order valence-electron chi connectivity index (χ2n) is 9.07. The molecule has 178 valence electrons. The van der Waals surface area contributed by atoms with Gasteiger partial charge in [-0.2, -0.15) is 0 Å². The number of ether oxygens (including phenoxy) is 1. The number of aliphatic carboxylic acids is 1. The number of alkyl carbamates (subject to hydrolysis) is 1. The van der Waals surface area contributed by atoms with Crippen molar-refractivity contribution < 1.29 is 24.2 Å². The first-order chi connectivity index (χ1) is 16.4. The molecule has 2 amide bonds. The zero-order valence-electron chi connectivity index (χ0n) is 19.3. The van der Waals surface area contributed by atoms with Gasteiger partial charge in [-0.3, -0.25) is 9.59 Å². The first kappa shape index (κ1) is 23.5. The average Bonchev–Trinajstić information content (AvgIpc) is 3.45. The summed E-state index contributed by atoms with van der Waals surface area (Å²) < 4.78 is 5.49. The van der Waals surface area contributed by atoms with Crippen molar-refractivity contribution in [1.82, 2.24) is 10.6 Å². The summed E-state index contributed by atoms with van der Waals surface area (Å²) in [6.07, 6.45) is 3.92. The molecule has 34 heavy (non-hydrogen) atoms. The van der Waals surface area contributed by atoms with Gasteiger partial charge in [-0.05, 0) is 42.0 Å². The monoisotopic (exact) mass is 462 g/mol. The van der Waals surface area contributed by atoms with Gasteiger partial charge in [0, 0.05) is 24.6 Å². The normalized spacial score (nSPS) is 16.4. The molecular weight excluding hydrogens is 432 g/mol. The maximum atomic E-state index is 12.4. The molecule has 0 aliphatic heterocycles. The quantitative estimate of drug-likeness (QED) is 0.509. The third kappa shape index (κ3) is 4.83.